The summed E-state index contributed by atoms with van der Waals surface area (Å²) in [4.78, 5) is 19.9. The van der Waals surface area contributed by atoms with E-state index in [9.17, 15) is 0 Å². The molecule has 21 heavy (non-hydrogen) atoms. The van der Waals surface area contributed by atoms with Gasteiger partial charge in [0.1, 0.15) is 11.5 Å². The molecular weight excluding hydrogens is 264 g/mol. The van der Waals surface area contributed by atoms with Crippen molar-refractivity contribution in [2.24, 2.45) is 5.73 Å². The summed E-state index contributed by atoms with van der Waals surface area (Å²) in [6, 6.07) is 2.28. The van der Waals surface area contributed by atoms with Crippen molar-refractivity contribution in [3.05, 3.63) is 30.4 Å². The quantitative estimate of drug-likeness (QED) is 0.922. The summed E-state index contributed by atoms with van der Waals surface area (Å²) in [5.41, 5.74) is 7.72. The van der Waals surface area contributed by atoms with E-state index in [0.29, 0.717) is 17.4 Å². The van der Waals surface area contributed by atoms with Crippen molar-refractivity contribution in [1.82, 2.24) is 19.9 Å². The third-order valence-electron chi connectivity index (χ3n) is 3.66. The molecule has 0 spiro atoms. The molecule has 6 nitrogen and oxygen atoms in total. The summed E-state index contributed by atoms with van der Waals surface area (Å²) in [5, 5.41) is 0. The first-order valence-corrected chi connectivity index (χ1v) is 7.29. The molecule has 110 valence electrons. The molecule has 1 saturated heterocycles. The lowest BCUT2D eigenvalue weighted by molar-refractivity contribution is 0.750. The highest BCUT2D eigenvalue weighted by Gasteiger charge is 2.22. The number of nitrogens with two attached hydrogens (primary N) is 1. The van der Waals surface area contributed by atoms with Crippen LogP contribution in [0.2, 0.25) is 0 Å². The molecule has 2 aromatic heterocycles. The summed E-state index contributed by atoms with van der Waals surface area (Å²) in [5.74, 6) is 1.89. The lowest BCUT2D eigenvalue weighted by Crippen LogP contribution is -2.27. The van der Waals surface area contributed by atoms with Gasteiger partial charge in [-0.25, -0.2) is 15.0 Å². The highest BCUT2D eigenvalue weighted by Crippen LogP contribution is 2.24. The zero-order valence-electron chi connectivity index (χ0n) is 12.4. The molecule has 1 aliphatic rings. The van der Waals surface area contributed by atoms with Crippen LogP contribution in [0.15, 0.2) is 24.7 Å². The van der Waals surface area contributed by atoms with Crippen LogP contribution in [0.1, 0.15) is 31.9 Å². The van der Waals surface area contributed by atoms with Crippen LogP contribution in [0.5, 0.6) is 0 Å². The molecule has 0 saturated carbocycles. The molecule has 3 rings (SSSR count). The van der Waals surface area contributed by atoms with Gasteiger partial charge in [-0.3, -0.25) is 4.98 Å². The third kappa shape index (κ3) is 3.00. The van der Waals surface area contributed by atoms with Crippen molar-refractivity contribution in [2.75, 3.05) is 18.0 Å². The van der Waals surface area contributed by atoms with Gasteiger partial charge in [0.15, 0.2) is 5.82 Å². The molecule has 0 aliphatic carbocycles. The lowest BCUT2D eigenvalue weighted by atomic mass is 10.1. The number of hydrogen-bond acceptors (Lipinski definition) is 6. The van der Waals surface area contributed by atoms with Crippen LogP contribution in [-0.4, -0.2) is 39.1 Å². The minimum Gasteiger partial charge on any atom is -0.355 e. The molecule has 2 N–H and O–H groups in total. The van der Waals surface area contributed by atoms with E-state index in [1.807, 2.05) is 0 Å². The molecule has 6 heteroatoms. The van der Waals surface area contributed by atoms with Gasteiger partial charge >= 0.3 is 0 Å². The van der Waals surface area contributed by atoms with Gasteiger partial charge in [0.05, 0.1) is 6.20 Å². The van der Waals surface area contributed by atoms with Crippen LogP contribution in [0, 0.1) is 0 Å². The van der Waals surface area contributed by atoms with Crippen LogP contribution in [0.4, 0.5) is 5.82 Å². The summed E-state index contributed by atoms with van der Waals surface area (Å²) in [6.07, 6.45) is 6.00. The second kappa shape index (κ2) is 5.73. The molecule has 2 aromatic rings. The standard InChI is InChI=1S/C15H20N6/c1-10(2)12-7-14(21-6-3-11(16)9-21)20-15(19-12)13-8-17-4-5-18-13/h4-5,7-8,10-11H,3,6,9,16H2,1-2H3. The van der Waals surface area contributed by atoms with Crippen molar-refractivity contribution in [3.63, 3.8) is 0 Å². The van der Waals surface area contributed by atoms with E-state index in [4.69, 9.17) is 5.73 Å². The van der Waals surface area contributed by atoms with Crippen molar-refractivity contribution >= 4 is 5.82 Å². The van der Waals surface area contributed by atoms with Crippen LogP contribution < -0.4 is 10.6 Å². The van der Waals surface area contributed by atoms with Gasteiger partial charge in [0.2, 0.25) is 0 Å². The first-order valence-electron chi connectivity index (χ1n) is 7.29. The van der Waals surface area contributed by atoms with Gasteiger partial charge in [-0.2, -0.15) is 0 Å². The monoisotopic (exact) mass is 284 g/mol. The zero-order valence-corrected chi connectivity index (χ0v) is 12.4. The number of anilines is 1. The molecule has 1 unspecified atom stereocenters. The summed E-state index contributed by atoms with van der Waals surface area (Å²) >= 11 is 0. The molecule has 3 heterocycles. The highest BCUT2D eigenvalue weighted by molar-refractivity contribution is 5.53. The Morgan fingerprint density at radius 3 is 2.76 bits per heavy atom. The van der Waals surface area contributed by atoms with E-state index in [2.05, 4.69) is 44.7 Å². The fourth-order valence-electron chi connectivity index (χ4n) is 2.43. The van der Waals surface area contributed by atoms with Gasteiger partial charge in [-0.1, -0.05) is 13.8 Å². The maximum atomic E-state index is 6.00. The number of rotatable bonds is 3. The fraction of sp³-hybridized carbons (Fsp3) is 0.467. The Morgan fingerprint density at radius 1 is 1.29 bits per heavy atom. The predicted molar refractivity (Wildman–Crippen MR) is 82.0 cm³/mol. The molecule has 0 bridgehead atoms. The summed E-state index contributed by atoms with van der Waals surface area (Å²) in [7, 11) is 0. The Bertz CT molecular complexity index is 613. The maximum Gasteiger partial charge on any atom is 0.182 e. The van der Waals surface area contributed by atoms with Crippen LogP contribution in [0.3, 0.4) is 0 Å². The lowest BCUT2D eigenvalue weighted by Gasteiger charge is -2.19. The van der Waals surface area contributed by atoms with E-state index >= 15 is 0 Å². The Morgan fingerprint density at radius 2 is 2.14 bits per heavy atom. The van der Waals surface area contributed by atoms with Crippen LogP contribution >= 0.6 is 0 Å². The van der Waals surface area contributed by atoms with E-state index in [1.165, 1.54) is 0 Å². The molecular formula is C15H20N6. The van der Waals surface area contributed by atoms with E-state index in [1.54, 1.807) is 18.6 Å². The van der Waals surface area contributed by atoms with Gasteiger partial charge in [0.25, 0.3) is 0 Å². The molecule has 0 amide bonds. The second-order valence-corrected chi connectivity index (χ2v) is 5.71. The van der Waals surface area contributed by atoms with Crippen molar-refractivity contribution in [2.45, 2.75) is 32.2 Å². The number of hydrogen-bond donors (Lipinski definition) is 1. The molecule has 1 atom stereocenters. The smallest absolute Gasteiger partial charge is 0.182 e. The zero-order chi connectivity index (χ0) is 14.8. The minimum absolute atomic E-state index is 0.224. The van der Waals surface area contributed by atoms with Crippen molar-refractivity contribution in [1.29, 1.82) is 0 Å². The Labute approximate surface area is 124 Å². The normalized spacial score (nSPS) is 18.5. The molecule has 0 radical (unpaired) electrons. The predicted octanol–water partition coefficient (Wildman–Crippen LogP) is 1.59. The van der Waals surface area contributed by atoms with Crippen LogP contribution in [0.25, 0.3) is 11.5 Å². The average molecular weight is 284 g/mol. The largest absolute Gasteiger partial charge is 0.355 e. The maximum absolute atomic E-state index is 6.00. The fourth-order valence-corrected chi connectivity index (χ4v) is 2.43. The summed E-state index contributed by atoms with van der Waals surface area (Å²) < 4.78 is 0. The number of aromatic nitrogens is 4. The average Bonchev–Trinajstić information content (AvgIpc) is 2.94. The SMILES string of the molecule is CC(C)c1cc(N2CCC(N)C2)nc(-c2cnccn2)n1. The second-order valence-electron chi connectivity index (χ2n) is 5.71. The topological polar surface area (TPSA) is 80.8 Å². The first kappa shape index (κ1) is 13.9. The van der Waals surface area contributed by atoms with Crippen LogP contribution in [-0.2, 0) is 0 Å². The van der Waals surface area contributed by atoms with Gasteiger partial charge in [-0.05, 0) is 12.3 Å². The minimum atomic E-state index is 0.224. The molecule has 0 aromatic carbocycles. The van der Waals surface area contributed by atoms with Gasteiger partial charge < -0.3 is 10.6 Å². The van der Waals surface area contributed by atoms with E-state index in [0.717, 1.165) is 31.0 Å². The molecule has 1 aliphatic heterocycles. The highest BCUT2D eigenvalue weighted by atomic mass is 15.2. The van der Waals surface area contributed by atoms with Gasteiger partial charge in [0, 0.05) is 43.3 Å². The van der Waals surface area contributed by atoms with E-state index < -0.39 is 0 Å². The Kier molecular flexibility index (Phi) is 3.79. The van der Waals surface area contributed by atoms with Gasteiger partial charge in [-0.15, -0.1) is 0 Å². The van der Waals surface area contributed by atoms with Crippen molar-refractivity contribution < 1.29 is 0 Å². The summed E-state index contributed by atoms with van der Waals surface area (Å²) in [6.45, 7) is 6.04. The van der Waals surface area contributed by atoms with E-state index in [-0.39, 0.29) is 6.04 Å². The third-order valence-corrected chi connectivity index (χ3v) is 3.66. The Balaban J connectivity index is 2.02. The Hall–Kier alpha value is -2.08. The van der Waals surface area contributed by atoms with Crippen molar-refractivity contribution in [3.8, 4) is 11.5 Å². The number of nitrogens with zero attached hydrogens (tertiary/aromatic N) is 5. The first-order chi connectivity index (χ1) is 10.1. The molecule has 1 fully saturated rings.